The third-order valence-corrected chi connectivity index (χ3v) is 8.08. The van der Waals surface area contributed by atoms with Gasteiger partial charge in [0.1, 0.15) is 11.5 Å². The topological polar surface area (TPSA) is 112 Å². The maximum Gasteiger partial charge on any atom is 0.243 e. The van der Waals surface area contributed by atoms with Gasteiger partial charge in [0.15, 0.2) is 0 Å². The normalized spacial score (nSPS) is 11.4. The molecule has 0 bridgehead atoms. The molecular weight excluding hydrogens is 532 g/mol. The summed E-state index contributed by atoms with van der Waals surface area (Å²) in [5.41, 5.74) is 3.08. The first-order valence-electron chi connectivity index (χ1n) is 12.5. The van der Waals surface area contributed by atoms with Crippen LogP contribution < -0.4 is 14.8 Å². The number of nitrogens with zero attached hydrogens (tertiary/aromatic N) is 3. The van der Waals surface area contributed by atoms with Crippen molar-refractivity contribution in [2.45, 2.75) is 11.8 Å². The van der Waals surface area contributed by atoms with E-state index in [-0.39, 0.29) is 24.0 Å². The molecule has 0 saturated heterocycles. The van der Waals surface area contributed by atoms with Crippen molar-refractivity contribution in [1.29, 1.82) is 0 Å². The highest BCUT2D eigenvalue weighted by molar-refractivity contribution is 7.89. The van der Waals surface area contributed by atoms with Gasteiger partial charge in [0.2, 0.25) is 21.9 Å². The van der Waals surface area contributed by atoms with E-state index in [4.69, 9.17) is 14.2 Å². The van der Waals surface area contributed by atoms with Crippen molar-refractivity contribution in [3.63, 3.8) is 0 Å². The number of benzene rings is 3. The smallest absolute Gasteiger partial charge is 0.243 e. The molecule has 1 aromatic heterocycles. The second kappa shape index (κ2) is 12.8. The van der Waals surface area contributed by atoms with E-state index >= 15 is 0 Å². The number of imidazole rings is 1. The first-order valence-corrected chi connectivity index (χ1v) is 13.9. The van der Waals surface area contributed by atoms with Crippen LogP contribution >= 0.6 is 0 Å². The van der Waals surface area contributed by atoms with E-state index in [0.717, 1.165) is 21.1 Å². The van der Waals surface area contributed by atoms with Gasteiger partial charge in [-0.3, -0.25) is 14.7 Å². The molecule has 3 aromatic carbocycles. The summed E-state index contributed by atoms with van der Waals surface area (Å²) >= 11 is 0. The van der Waals surface area contributed by atoms with Gasteiger partial charge in [-0.2, -0.15) is 4.31 Å². The summed E-state index contributed by atoms with van der Waals surface area (Å²) in [5, 5.41) is 2.80. The molecule has 0 spiro atoms. The van der Waals surface area contributed by atoms with E-state index in [1.54, 1.807) is 49.2 Å². The van der Waals surface area contributed by atoms with Crippen LogP contribution in [-0.2, 0) is 19.6 Å². The molecule has 1 heterocycles. The van der Waals surface area contributed by atoms with Crippen molar-refractivity contribution in [2.75, 3.05) is 46.3 Å². The van der Waals surface area contributed by atoms with Crippen LogP contribution in [0.2, 0.25) is 0 Å². The van der Waals surface area contributed by atoms with Crippen molar-refractivity contribution < 1.29 is 27.4 Å². The summed E-state index contributed by atoms with van der Waals surface area (Å²) in [5.74, 6) is 1.08. The van der Waals surface area contributed by atoms with Crippen LogP contribution in [0.15, 0.2) is 83.9 Å². The number of amides is 1. The maximum absolute atomic E-state index is 13.4. The molecule has 0 aliphatic carbocycles. The van der Waals surface area contributed by atoms with Crippen LogP contribution in [0.25, 0.3) is 16.9 Å². The second-order valence-electron chi connectivity index (χ2n) is 8.94. The fraction of sp³-hybridized carbons (Fsp3) is 0.241. The lowest BCUT2D eigenvalue weighted by molar-refractivity contribution is -0.116. The van der Waals surface area contributed by atoms with Gasteiger partial charge in [-0.15, -0.1) is 0 Å². The molecule has 0 fully saturated rings. The van der Waals surface area contributed by atoms with Crippen LogP contribution in [0.4, 0.5) is 5.95 Å². The molecule has 0 saturated carbocycles. The minimum Gasteiger partial charge on any atom is -0.497 e. The van der Waals surface area contributed by atoms with E-state index in [0.29, 0.717) is 17.2 Å². The zero-order valence-corrected chi connectivity index (χ0v) is 23.6. The van der Waals surface area contributed by atoms with Gasteiger partial charge >= 0.3 is 0 Å². The highest BCUT2D eigenvalue weighted by atomic mass is 32.2. The third-order valence-electron chi connectivity index (χ3n) is 6.22. The number of anilines is 1. The number of nitrogens with one attached hydrogen (secondary N) is 1. The number of hydrogen-bond donors (Lipinski definition) is 1. The van der Waals surface area contributed by atoms with Gasteiger partial charge in [0.25, 0.3) is 0 Å². The lowest BCUT2D eigenvalue weighted by Gasteiger charge is -2.21. The summed E-state index contributed by atoms with van der Waals surface area (Å²) in [6.45, 7) is 1.58. The predicted molar refractivity (Wildman–Crippen MR) is 153 cm³/mol. The Hall–Kier alpha value is -4.19. The van der Waals surface area contributed by atoms with Gasteiger partial charge in [0.05, 0.1) is 38.0 Å². The van der Waals surface area contributed by atoms with Gasteiger partial charge in [-0.25, -0.2) is 13.4 Å². The Kier molecular flexibility index (Phi) is 9.20. The number of carbonyl (C=O) groups is 1. The van der Waals surface area contributed by atoms with Crippen LogP contribution in [0.5, 0.6) is 11.5 Å². The Morgan fingerprint density at radius 2 is 1.50 bits per heavy atom. The monoisotopic (exact) mass is 564 g/mol. The molecule has 1 amide bonds. The number of methoxy groups -OCH3 is 3. The Labute approximate surface area is 234 Å². The van der Waals surface area contributed by atoms with Gasteiger partial charge in [0, 0.05) is 31.1 Å². The molecule has 11 heteroatoms. The van der Waals surface area contributed by atoms with Crippen molar-refractivity contribution >= 4 is 21.9 Å². The zero-order chi connectivity index (χ0) is 28.7. The number of carbonyl (C=O) groups excluding carboxylic acids is 1. The first-order chi connectivity index (χ1) is 19.2. The van der Waals surface area contributed by atoms with E-state index < -0.39 is 22.5 Å². The van der Waals surface area contributed by atoms with Crippen molar-refractivity contribution in [2.24, 2.45) is 0 Å². The van der Waals surface area contributed by atoms with Crippen LogP contribution in [0.1, 0.15) is 5.56 Å². The summed E-state index contributed by atoms with van der Waals surface area (Å²) in [7, 11) is 0.699. The zero-order valence-electron chi connectivity index (χ0n) is 22.8. The van der Waals surface area contributed by atoms with Crippen LogP contribution in [-0.4, -0.2) is 69.2 Å². The van der Waals surface area contributed by atoms with Gasteiger partial charge in [-0.1, -0.05) is 17.7 Å². The average Bonchev–Trinajstić information content (AvgIpc) is 3.38. The summed E-state index contributed by atoms with van der Waals surface area (Å²) in [6.07, 6.45) is 1.80. The quantitative estimate of drug-likeness (QED) is 0.275. The van der Waals surface area contributed by atoms with E-state index in [2.05, 4.69) is 10.3 Å². The van der Waals surface area contributed by atoms with Gasteiger partial charge in [-0.05, 0) is 67.6 Å². The Morgan fingerprint density at radius 1 is 0.900 bits per heavy atom. The molecule has 210 valence electrons. The number of sulfonamides is 1. The van der Waals surface area contributed by atoms with E-state index in [1.165, 1.54) is 19.2 Å². The molecule has 40 heavy (non-hydrogen) atoms. The lowest BCUT2D eigenvalue weighted by atomic mass is 10.1. The maximum atomic E-state index is 13.4. The van der Waals surface area contributed by atoms with Crippen molar-refractivity contribution in [1.82, 2.24) is 13.9 Å². The fourth-order valence-corrected chi connectivity index (χ4v) is 5.35. The van der Waals surface area contributed by atoms with Gasteiger partial charge < -0.3 is 14.2 Å². The molecule has 1 N–H and O–H groups in total. The van der Waals surface area contributed by atoms with Crippen molar-refractivity contribution in [3.05, 3.63) is 84.6 Å². The highest BCUT2D eigenvalue weighted by Gasteiger charge is 2.27. The number of hydrogen-bond acceptors (Lipinski definition) is 7. The predicted octanol–water partition coefficient (Wildman–Crippen LogP) is 4.14. The van der Waals surface area contributed by atoms with E-state index in [9.17, 15) is 13.2 Å². The number of rotatable bonds is 12. The number of aromatic nitrogens is 2. The summed E-state index contributed by atoms with van der Waals surface area (Å²) in [6, 6.07) is 21.1. The molecule has 0 unspecified atom stereocenters. The minimum absolute atomic E-state index is 0.00412. The largest absolute Gasteiger partial charge is 0.497 e. The SMILES string of the molecule is COCCN(CC(=O)Nc1nc(-c2ccc(OC)cc2)cn1-c1ccc(OC)cc1)S(=O)(=O)c1ccc(C)cc1. The molecule has 10 nitrogen and oxygen atoms in total. The standard InChI is InChI=1S/C29H32N4O6S/c1-21-5-15-26(16-6-21)40(35,36)32(17-18-37-2)20-28(34)31-29-30-27(22-7-11-24(38-3)12-8-22)19-33(29)23-9-13-25(39-4)14-10-23/h5-16,19H,17-18,20H2,1-4H3,(H,30,31,34). The number of aryl methyl sites for hydroxylation is 1. The summed E-state index contributed by atoms with van der Waals surface area (Å²) < 4.78 is 45.2. The Balaban J connectivity index is 1.64. The minimum atomic E-state index is -3.95. The molecule has 0 aliphatic rings. The highest BCUT2D eigenvalue weighted by Crippen LogP contribution is 2.27. The van der Waals surface area contributed by atoms with Crippen molar-refractivity contribution in [3.8, 4) is 28.4 Å². The van der Waals surface area contributed by atoms with E-state index in [1.807, 2.05) is 43.3 Å². The molecular formula is C29H32N4O6S. The fourth-order valence-electron chi connectivity index (χ4n) is 3.97. The second-order valence-corrected chi connectivity index (χ2v) is 10.9. The molecule has 4 aromatic rings. The molecule has 0 aliphatic heterocycles. The van der Waals surface area contributed by atoms with Crippen LogP contribution in [0, 0.1) is 6.92 Å². The number of ether oxygens (including phenoxy) is 3. The molecule has 0 atom stereocenters. The molecule has 0 radical (unpaired) electrons. The Morgan fingerprint density at radius 3 is 2.08 bits per heavy atom. The average molecular weight is 565 g/mol. The first kappa shape index (κ1) is 28.8. The lowest BCUT2D eigenvalue weighted by Crippen LogP contribution is -2.40. The Bertz CT molecular complexity index is 1530. The summed E-state index contributed by atoms with van der Waals surface area (Å²) in [4.78, 5) is 18.0. The van der Waals surface area contributed by atoms with Crippen LogP contribution in [0.3, 0.4) is 0 Å². The third kappa shape index (κ3) is 6.68. The molecule has 4 rings (SSSR count).